The van der Waals surface area contributed by atoms with Crippen molar-refractivity contribution in [1.82, 2.24) is 0 Å². The summed E-state index contributed by atoms with van der Waals surface area (Å²) in [7, 11) is 1.46. The predicted molar refractivity (Wildman–Crippen MR) is 90.2 cm³/mol. The van der Waals surface area contributed by atoms with Gasteiger partial charge in [-0.05, 0) is 24.3 Å². The normalized spacial score (nSPS) is 10.1. The minimum Gasteiger partial charge on any atom is -0.495 e. The number of carbonyl (C=O) groups excluding carboxylic acids is 1. The molecule has 24 heavy (non-hydrogen) atoms. The largest absolute Gasteiger partial charge is 0.495 e. The van der Waals surface area contributed by atoms with Gasteiger partial charge in [-0.15, -0.1) is 0 Å². The van der Waals surface area contributed by atoms with Crippen LogP contribution in [0.15, 0.2) is 36.4 Å². The van der Waals surface area contributed by atoms with E-state index in [1.807, 2.05) is 0 Å². The maximum absolute atomic E-state index is 12.0. The smallest absolute Gasteiger partial charge is 0.271 e. The number of hydrogen-bond donors (Lipinski definition) is 1. The van der Waals surface area contributed by atoms with E-state index in [2.05, 4.69) is 5.32 Å². The molecule has 2 aromatic rings. The third-order valence-electron chi connectivity index (χ3n) is 2.92. The fourth-order valence-corrected chi connectivity index (χ4v) is 2.23. The zero-order valence-electron chi connectivity index (χ0n) is 12.4. The van der Waals surface area contributed by atoms with E-state index in [1.165, 1.54) is 25.3 Å². The Morgan fingerprint density at radius 2 is 1.92 bits per heavy atom. The monoisotopic (exact) mass is 370 g/mol. The molecule has 126 valence electrons. The van der Waals surface area contributed by atoms with Gasteiger partial charge in [0.25, 0.3) is 11.6 Å². The van der Waals surface area contributed by atoms with Crippen molar-refractivity contribution >= 4 is 40.5 Å². The van der Waals surface area contributed by atoms with Crippen molar-refractivity contribution in [2.75, 3.05) is 19.0 Å². The van der Waals surface area contributed by atoms with Gasteiger partial charge in [-0.2, -0.15) is 0 Å². The topological polar surface area (TPSA) is 90.7 Å². The van der Waals surface area contributed by atoms with E-state index < -0.39 is 10.8 Å². The lowest BCUT2D eigenvalue weighted by atomic mass is 10.3. The first-order valence-corrected chi connectivity index (χ1v) is 7.36. The zero-order chi connectivity index (χ0) is 17.7. The van der Waals surface area contributed by atoms with Crippen molar-refractivity contribution in [3.8, 4) is 11.5 Å². The fraction of sp³-hybridized carbons (Fsp3) is 0.133. The molecule has 2 rings (SSSR count). The van der Waals surface area contributed by atoms with Crippen LogP contribution in [-0.2, 0) is 4.79 Å². The van der Waals surface area contributed by atoms with Crippen LogP contribution in [0.2, 0.25) is 10.0 Å². The lowest BCUT2D eigenvalue weighted by Crippen LogP contribution is -2.20. The second kappa shape index (κ2) is 7.85. The van der Waals surface area contributed by atoms with Gasteiger partial charge in [0.05, 0.1) is 22.7 Å². The third-order valence-corrected chi connectivity index (χ3v) is 3.45. The Hall–Kier alpha value is -2.51. The average Bonchev–Trinajstić information content (AvgIpc) is 2.53. The molecule has 1 amide bonds. The molecule has 0 atom stereocenters. The molecule has 0 radical (unpaired) electrons. The Balaban J connectivity index is 2.01. The molecule has 0 saturated heterocycles. The quantitative estimate of drug-likeness (QED) is 0.614. The molecule has 0 bridgehead atoms. The molecular formula is C15H12Cl2N2O5. The number of anilines is 1. The van der Waals surface area contributed by atoms with E-state index in [0.29, 0.717) is 16.5 Å². The zero-order valence-corrected chi connectivity index (χ0v) is 13.9. The highest BCUT2D eigenvalue weighted by atomic mass is 35.5. The van der Waals surface area contributed by atoms with Crippen LogP contribution >= 0.6 is 23.2 Å². The number of ether oxygens (including phenoxy) is 2. The summed E-state index contributed by atoms with van der Waals surface area (Å²) >= 11 is 11.8. The van der Waals surface area contributed by atoms with E-state index >= 15 is 0 Å². The van der Waals surface area contributed by atoms with Crippen molar-refractivity contribution in [3.05, 3.63) is 56.6 Å². The number of halogens is 2. The van der Waals surface area contributed by atoms with Crippen molar-refractivity contribution < 1.29 is 19.2 Å². The molecule has 1 N–H and O–H groups in total. The summed E-state index contributed by atoms with van der Waals surface area (Å²) < 4.78 is 10.4. The molecule has 0 fully saturated rings. The Bertz CT molecular complexity index is 782. The summed E-state index contributed by atoms with van der Waals surface area (Å²) in [5.74, 6) is 0.140. The van der Waals surface area contributed by atoms with Crippen LogP contribution in [0.1, 0.15) is 0 Å². The van der Waals surface area contributed by atoms with Gasteiger partial charge < -0.3 is 14.8 Å². The number of nitro groups is 1. The summed E-state index contributed by atoms with van der Waals surface area (Å²) in [5.41, 5.74) is 0.230. The summed E-state index contributed by atoms with van der Waals surface area (Å²) in [6, 6.07) is 8.49. The number of benzene rings is 2. The van der Waals surface area contributed by atoms with Crippen molar-refractivity contribution in [2.45, 2.75) is 0 Å². The van der Waals surface area contributed by atoms with Gasteiger partial charge in [0.2, 0.25) is 0 Å². The molecule has 0 aliphatic rings. The highest BCUT2D eigenvalue weighted by molar-refractivity contribution is 6.32. The van der Waals surface area contributed by atoms with Crippen LogP contribution in [0.25, 0.3) is 0 Å². The number of non-ortho nitro benzene ring substituents is 1. The lowest BCUT2D eigenvalue weighted by molar-refractivity contribution is -0.384. The first-order chi connectivity index (χ1) is 11.4. The Kier molecular flexibility index (Phi) is 5.83. The molecule has 0 heterocycles. The van der Waals surface area contributed by atoms with Crippen molar-refractivity contribution in [3.63, 3.8) is 0 Å². The van der Waals surface area contributed by atoms with Crippen molar-refractivity contribution in [2.24, 2.45) is 0 Å². The van der Waals surface area contributed by atoms with E-state index in [-0.39, 0.29) is 23.1 Å². The molecule has 0 unspecified atom stereocenters. The molecule has 0 aromatic heterocycles. The van der Waals surface area contributed by atoms with E-state index in [9.17, 15) is 14.9 Å². The van der Waals surface area contributed by atoms with Gasteiger partial charge in [-0.25, -0.2) is 0 Å². The van der Waals surface area contributed by atoms with E-state index in [0.717, 1.165) is 6.07 Å². The summed E-state index contributed by atoms with van der Waals surface area (Å²) in [6.07, 6.45) is 0. The van der Waals surface area contributed by atoms with Gasteiger partial charge in [-0.1, -0.05) is 23.2 Å². The average molecular weight is 371 g/mol. The number of hydrogen-bond acceptors (Lipinski definition) is 5. The molecule has 2 aromatic carbocycles. The van der Waals surface area contributed by atoms with Gasteiger partial charge in [0.15, 0.2) is 6.61 Å². The molecule has 0 spiro atoms. The fourth-order valence-electron chi connectivity index (χ4n) is 1.83. The summed E-state index contributed by atoms with van der Waals surface area (Å²) in [5, 5.41) is 13.7. The second-order valence-electron chi connectivity index (χ2n) is 4.55. The van der Waals surface area contributed by atoms with E-state index in [4.69, 9.17) is 32.7 Å². The molecule has 0 saturated carbocycles. The number of amides is 1. The Morgan fingerprint density at radius 1 is 1.21 bits per heavy atom. The predicted octanol–water partition coefficient (Wildman–Crippen LogP) is 3.93. The SMILES string of the molecule is COc1ccc(Cl)cc1NC(=O)COc1ccc([N+](=O)[O-])cc1Cl. The maximum atomic E-state index is 12.0. The Labute approximate surface area is 147 Å². The summed E-state index contributed by atoms with van der Waals surface area (Å²) in [4.78, 5) is 22.0. The number of nitrogens with zero attached hydrogens (tertiary/aromatic N) is 1. The number of rotatable bonds is 6. The van der Waals surface area contributed by atoms with Crippen LogP contribution in [-0.4, -0.2) is 24.5 Å². The van der Waals surface area contributed by atoms with Crippen LogP contribution in [0.3, 0.4) is 0 Å². The van der Waals surface area contributed by atoms with Gasteiger partial charge in [0, 0.05) is 17.2 Å². The number of nitrogens with one attached hydrogen (secondary N) is 1. The van der Waals surface area contributed by atoms with E-state index in [1.54, 1.807) is 12.1 Å². The molecule has 7 nitrogen and oxygen atoms in total. The van der Waals surface area contributed by atoms with Crippen LogP contribution < -0.4 is 14.8 Å². The Morgan fingerprint density at radius 3 is 2.54 bits per heavy atom. The number of nitro benzene ring substituents is 1. The minimum atomic E-state index is -0.576. The van der Waals surface area contributed by atoms with Gasteiger partial charge >= 0.3 is 0 Å². The van der Waals surface area contributed by atoms with Crippen LogP contribution in [0.5, 0.6) is 11.5 Å². The highest BCUT2D eigenvalue weighted by Gasteiger charge is 2.13. The number of carbonyl (C=O) groups is 1. The second-order valence-corrected chi connectivity index (χ2v) is 5.40. The van der Waals surface area contributed by atoms with Gasteiger partial charge in [-0.3, -0.25) is 14.9 Å². The first kappa shape index (κ1) is 17.8. The molecular weight excluding hydrogens is 359 g/mol. The molecule has 0 aliphatic heterocycles. The highest BCUT2D eigenvalue weighted by Crippen LogP contribution is 2.29. The number of methoxy groups -OCH3 is 1. The van der Waals surface area contributed by atoms with Crippen LogP contribution in [0.4, 0.5) is 11.4 Å². The standard InChI is InChI=1S/C15H12Cl2N2O5/c1-23-14-4-2-9(16)6-12(14)18-15(20)8-24-13-5-3-10(19(21)22)7-11(13)17/h2-7H,8H2,1H3,(H,18,20). The molecule has 0 aliphatic carbocycles. The van der Waals surface area contributed by atoms with Gasteiger partial charge in [0.1, 0.15) is 11.5 Å². The first-order valence-electron chi connectivity index (χ1n) is 6.61. The third kappa shape index (κ3) is 4.50. The van der Waals surface area contributed by atoms with Crippen LogP contribution in [0, 0.1) is 10.1 Å². The molecule has 9 heteroatoms. The maximum Gasteiger partial charge on any atom is 0.271 e. The minimum absolute atomic E-state index is 0.0392. The van der Waals surface area contributed by atoms with Crippen molar-refractivity contribution in [1.29, 1.82) is 0 Å². The summed E-state index contributed by atoms with van der Waals surface area (Å²) in [6.45, 7) is -0.340. The lowest BCUT2D eigenvalue weighted by Gasteiger charge is -2.11.